The molecule has 0 spiro atoms. The first-order valence-electron chi connectivity index (χ1n) is 6.40. The molecule has 2 aromatic heterocycles. The Kier molecular flexibility index (Phi) is 4.15. The quantitative estimate of drug-likeness (QED) is 0.501. The van der Waals surface area contributed by atoms with Gasteiger partial charge < -0.3 is 14.6 Å². The highest BCUT2D eigenvalue weighted by molar-refractivity contribution is 7.98. The Balaban J connectivity index is 1.86. The average Bonchev–Trinajstić information content (AvgIpc) is 2.91. The van der Waals surface area contributed by atoms with E-state index in [0.29, 0.717) is 11.2 Å². The minimum Gasteiger partial charge on any atom is -0.388 e. The van der Waals surface area contributed by atoms with Crippen molar-refractivity contribution in [3.05, 3.63) is 12.7 Å². The highest BCUT2D eigenvalue weighted by Gasteiger charge is 2.27. The molecule has 3 atom stereocenters. The lowest BCUT2D eigenvalue weighted by molar-refractivity contribution is -0.224. The van der Waals surface area contributed by atoms with Gasteiger partial charge in [-0.25, -0.2) is 19.6 Å². The summed E-state index contributed by atoms with van der Waals surface area (Å²) in [5.74, 6) is 0. The van der Waals surface area contributed by atoms with Gasteiger partial charge >= 0.3 is 0 Å². The highest BCUT2D eigenvalue weighted by Crippen LogP contribution is 2.20. The summed E-state index contributed by atoms with van der Waals surface area (Å²) in [4.78, 5) is 12.6. The Morgan fingerprint density at radius 3 is 3.14 bits per heavy atom. The molecule has 3 rings (SSSR count). The van der Waals surface area contributed by atoms with Crippen molar-refractivity contribution in [1.82, 2.24) is 19.6 Å². The molecule has 0 aliphatic carbocycles. The van der Waals surface area contributed by atoms with Gasteiger partial charge in [0, 0.05) is 0 Å². The summed E-state index contributed by atoms with van der Waals surface area (Å²) in [7, 11) is 0. The summed E-state index contributed by atoms with van der Waals surface area (Å²) in [5, 5.41) is 14.9. The third-order valence-electron chi connectivity index (χ3n) is 3.04. The fourth-order valence-electron chi connectivity index (χ4n) is 1.99. The van der Waals surface area contributed by atoms with Gasteiger partial charge in [-0.05, 0) is 13.2 Å². The topological polar surface area (TPSA) is 94.7 Å². The summed E-state index contributed by atoms with van der Waals surface area (Å²) >= 11 is 1.50. The Hall–Kier alpha value is -1.55. The predicted octanol–water partition coefficient (Wildman–Crippen LogP) is 0.504. The molecule has 1 aliphatic heterocycles. The molecule has 0 saturated carbocycles. The van der Waals surface area contributed by atoms with Gasteiger partial charge in [0.05, 0.1) is 12.8 Å². The Labute approximate surface area is 125 Å². The van der Waals surface area contributed by atoms with Gasteiger partial charge in [-0.2, -0.15) is 5.10 Å². The van der Waals surface area contributed by atoms with Gasteiger partial charge in [0.25, 0.3) is 0 Å². The molecular weight excluding hydrogens is 294 g/mol. The molecular formula is C12H15N5O3S. The maximum atomic E-state index is 9.82. The average molecular weight is 309 g/mol. The van der Waals surface area contributed by atoms with Crippen molar-refractivity contribution in [1.29, 1.82) is 0 Å². The van der Waals surface area contributed by atoms with E-state index in [1.165, 1.54) is 29.0 Å². The Bertz CT molecular complexity index is 661. The summed E-state index contributed by atoms with van der Waals surface area (Å²) in [5.41, 5.74) is 1.31. The molecule has 112 valence electrons. The van der Waals surface area contributed by atoms with Crippen LogP contribution in [0, 0.1) is 0 Å². The zero-order valence-electron chi connectivity index (χ0n) is 11.6. The van der Waals surface area contributed by atoms with E-state index in [2.05, 4.69) is 20.1 Å². The standard InChI is InChI=1S/C12H15N5O3S/c1-7-19-4-8(18)9(20-7)3-16-17-6-15-10-11(17)13-5-14-12(10)21-2/h3,5-9,18H,4H2,1-2H3. The fraction of sp³-hybridized carbons (Fsp3) is 0.500. The van der Waals surface area contributed by atoms with Crippen LogP contribution in [0.25, 0.3) is 11.2 Å². The number of thioether (sulfide) groups is 1. The minimum atomic E-state index is -0.740. The number of hydrogen-bond donors (Lipinski definition) is 1. The van der Waals surface area contributed by atoms with Crippen molar-refractivity contribution in [2.45, 2.75) is 30.4 Å². The summed E-state index contributed by atoms with van der Waals surface area (Å²) < 4.78 is 12.2. The van der Waals surface area contributed by atoms with E-state index in [1.807, 2.05) is 6.26 Å². The molecule has 0 amide bonds. The number of fused-ring (bicyclic) bond motifs is 1. The van der Waals surface area contributed by atoms with Gasteiger partial charge in [0.15, 0.2) is 11.9 Å². The molecule has 1 aliphatic rings. The first-order valence-corrected chi connectivity index (χ1v) is 7.63. The molecule has 0 radical (unpaired) electrons. The third kappa shape index (κ3) is 2.91. The van der Waals surface area contributed by atoms with Crippen molar-refractivity contribution in [2.75, 3.05) is 12.9 Å². The van der Waals surface area contributed by atoms with Crippen LogP contribution in [-0.4, -0.2) is 62.3 Å². The molecule has 0 bridgehead atoms. The molecule has 1 N–H and O–H groups in total. The van der Waals surface area contributed by atoms with Crippen LogP contribution in [0.2, 0.25) is 0 Å². The van der Waals surface area contributed by atoms with Crippen LogP contribution in [-0.2, 0) is 9.47 Å². The van der Waals surface area contributed by atoms with E-state index in [1.54, 1.807) is 13.3 Å². The summed E-state index contributed by atoms with van der Waals surface area (Å²) in [6.07, 6.45) is 4.87. The van der Waals surface area contributed by atoms with E-state index >= 15 is 0 Å². The number of nitrogens with zero attached hydrogens (tertiary/aromatic N) is 5. The normalized spacial score (nSPS) is 26.7. The summed E-state index contributed by atoms with van der Waals surface area (Å²) in [6.45, 7) is 2.00. The highest BCUT2D eigenvalue weighted by atomic mass is 32.2. The van der Waals surface area contributed by atoms with Crippen LogP contribution in [0.3, 0.4) is 0 Å². The number of aliphatic hydroxyl groups excluding tert-OH is 1. The second-order valence-corrected chi connectivity index (χ2v) is 5.27. The maximum Gasteiger partial charge on any atom is 0.185 e. The van der Waals surface area contributed by atoms with Crippen LogP contribution in [0.4, 0.5) is 0 Å². The number of rotatable bonds is 3. The van der Waals surface area contributed by atoms with Crippen LogP contribution < -0.4 is 0 Å². The Morgan fingerprint density at radius 2 is 2.33 bits per heavy atom. The lowest BCUT2D eigenvalue weighted by atomic mass is 10.2. The van der Waals surface area contributed by atoms with Crippen LogP contribution in [0.1, 0.15) is 6.92 Å². The van der Waals surface area contributed by atoms with Crippen molar-refractivity contribution < 1.29 is 14.6 Å². The lowest BCUT2D eigenvalue weighted by Crippen LogP contribution is -2.43. The van der Waals surface area contributed by atoms with Crippen molar-refractivity contribution >= 4 is 29.1 Å². The second-order valence-electron chi connectivity index (χ2n) is 4.48. The predicted molar refractivity (Wildman–Crippen MR) is 77.3 cm³/mol. The zero-order chi connectivity index (χ0) is 14.8. The number of aromatic nitrogens is 4. The van der Waals surface area contributed by atoms with Gasteiger partial charge in [-0.3, -0.25) is 0 Å². The molecule has 3 unspecified atom stereocenters. The number of hydrogen-bond acceptors (Lipinski definition) is 8. The van der Waals surface area contributed by atoms with Crippen LogP contribution in [0.5, 0.6) is 0 Å². The number of aliphatic hydroxyl groups is 1. The molecule has 2 aromatic rings. The minimum absolute atomic E-state index is 0.224. The van der Waals surface area contributed by atoms with Crippen molar-refractivity contribution in [3.8, 4) is 0 Å². The largest absolute Gasteiger partial charge is 0.388 e. The monoisotopic (exact) mass is 309 g/mol. The van der Waals surface area contributed by atoms with E-state index < -0.39 is 12.2 Å². The van der Waals surface area contributed by atoms with Gasteiger partial charge in [0.1, 0.15) is 35.4 Å². The van der Waals surface area contributed by atoms with Crippen LogP contribution >= 0.6 is 11.8 Å². The van der Waals surface area contributed by atoms with E-state index in [4.69, 9.17) is 9.47 Å². The molecule has 3 heterocycles. The van der Waals surface area contributed by atoms with Gasteiger partial charge in [-0.15, -0.1) is 11.8 Å². The fourth-order valence-corrected chi connectivity index (χ4v) is 2.48. The molecule has 21 heavy (non-hydrogen) atoms. The van der Waals surface area contributed by atoms with E-state index in [0.717, 1.165) is 5.03 Å². The first-order chi connectivity index (χ1) is 10.2. The molecule has 1 fully saturated rings. The lowest BCUT2D eigenvalue weighted by Gasteiger charge is -2.29. The van der Waals surface area contributed by atoms with Gasteiger partial charge in [0.2, 0.25) is 0 Å². The molecule has 1 saturated heterocycles. The third-order valence-corrected chi connectivity index (χ3v) is 3.73. The second kappa shape index (κ2) is 6.06. The zero-order valence-corrected chi connectivity index (χ0v) is 12.4. The number of imidazole rings is 1. The van der Waals surface area contributed by atoms with Gasteiger partial charge in [-0.1, -0.05) is 0 Å². The molecule has 9 heteroatoms. The van der Waals surface area contributed by atoms with Crippen LogP contribution in [0.15, 0.2) is 22.8 Å². The van der Waals surface area contributed by atoms with E-state index in [9.17, 15) is 5.11 Å². The smallest absolute Gasteiger partial charge is 0.185 e. The molecule has 0 aromatic carbocycles. The SMILES string of the molecule is CSc1ncnc2c1ncn2N=CC1OC(C)OCC1O. The number of ether oxygens (including phenoxy) is 2. The summed E-state index contributed by atoms with van der Waals surface area (Å²) in [6, 6.07) is 0. The molecule has 8 nitrogen and oxygen atoms in total. The first kappa shape index (κ1) is 14.4. The van der Waals surface area contributed by atoms with Crippen molar-refractivity contribution in [3.63, 3.8) is 0 Å². The van der Waals surface area contributed by atoms with Crippen molar-refractivity contribution in [2.24, 2.45) is 5.10 Å². The maximum absolute atomic E-state index is 9.82. The van der Waals surface area contributed by atoms with E-state index in [-0.39, 0.29) is 12.9 Å². The Morgan fingerprint density at radius 1 is 1.48 bits per heavy atom.